The van der Waals surface area contributed by atoms with Gasteiger partial charge in [0.15, 0.2) is 0 Å². The van der Waals surface area contributed by atoms with Gasteiger partial charge in [0.25, 0.3) is 0 Å². The van der Waals surface area contributed by atoms with Crippen molar-refractivity contribution in [2.24, 2.45) is 0 Å². The molecule has 2 N–H and O–H groups in total. The molecule has 0 fully saturated rings. The second-order valence-corrected chi connectivity index (χ2v) is 7.29. The van der Waals surface area contributed by atoms with Crippen molar-refractivity contribution < 1.29 is 13.2 Å². The summed E-state index contributed by atoms with van der Waals surface area (Å²) in [4.78, 5) is 12.0. The van der Waals surface area contributed by atoms with Gasteiger partial charge in [-0.05, 0) is 52.7 Å². The second kappa shape index (κ2) is 7.04. The first-order valence-corrected chi connectivity index (χ1v) is 8.77. The minimum atomic E-state index is -3.70. The molecular formula is C15H15BrN2O3S. The smallest absolute Gasteiger partial charge is 0.241 e. The van der Waals surface area contributed by atoms with Crippen molar-refractivity contribution in [2.75, 3.05) is 11.9 Å². The van der Waals surface area contributed by atoms with Gasteiger partial charge in [-0.25, -0.2) is 13.1 Å². The van der Waals surface area contributed by atoms with Gasteiger partial charge in [-0.3, -0.25) is 4.79 Å². The predicted octanol–water partition coefficient (Wildman–Crippen LogP) is 2.67. The Bertz CT molecular complexity index is 791. The number of carbonyl (C=O) groups excluding carboxylic acids is 1. The van der Waals surface area contributed by atoms with Crippen LogP contribution in [0.3, 0.4) is 0 Å². The van der Waals surface area contributed by atoms with Crippen molar-refractivity contribution in [2.45, 2.75) is 11.8 Å². The molecule has 2 aromatic rings. The number of benzene rings is 2. The first kappa shape index (κ1) is 16.7. The van der Waals surface area contributed by atoms with E-state index in [1.807, 2.05) is 6.07 Å². The van der Waals surface area contributed by atoms with Crippen molar-refractivity contribution >= 4 is 37.5 Å². The second-order valence-electron chi connectivity index (χ2n) is 4.67. The number of hydrogen-bond acceptors (Lipinski definition) is 3. The lowest BCUT2D eigenvalue weighted by Gasteiger charge is -2.09. The molecule has 0 aliphatic rings. The Balaban J connectivity index is 2.00. The molecule has 0 radical (unpaired) electrons. The molecule has 2 rings (SSSR count). The highest BCUT2D eigenvalue weighted by Gasteiger charge is 2.15. The van der Waals surface area contributed by atoms with Crippen LogP contribution in [0.5, 0.6) is 0 Å². The van der Waals surface area contributed by atoms with E-state index in [-0.39, 0.29) is 11.4 Å². The minimum absolute atomic E-state index is 0.140. The highest BCUT2D eigenvalue weighted by molar-refractivity contribution is 9.10. The van der Waals surface area contributed by atoms with E-state index in [4.69, 9.17) is 0 Å². The number of carbonyl (C=O) groups is 1. The predicted molar refractivity (Wildman–Crippen MR) is 89.1 cm³/mol. The summed E-state index contributed by atoms with van der Waals surface area (Å²) in [5.74, 6) is -0.442. The normalized spacial score (nSPS) is 11.2. The minimum Gasteiger partial charge on any atom is -0.324 e. The lowest BCUT2D eigenvalue weighted by atomic mass is 10.2. The molecule has 0 saturated carbocycles. The van der Waals surface area contributed by atoms with Gasteiger partial charge in [-0.2, -0.15) is 0 Å². The Morgan fingerprint density at radius 3 is 2.55 bits per heavy atom. The van der Waals surface area contributed by atoms with E-state index in [2.05, 4.69) is 26.0 Å². The molecule has 5 nitrogen and oxygen atoms in total. The molecule has 7 heteroatoms. The molecular weight excluding hydrogens is 368 g/mol. The van der Waals surface area contributed by atoms with Crippen LogP contribution in [-0.2, 0) is 14.8 Å². The van der Waals surface area contributed by atoms with Crippen LogP contribution in [0.15, 0.2) is 57.9 Å². The standard InChI is InChI=1S/C15H15BrN2O3S/c1-11-5-4-6-12(9-11)22(20,21)17-10-15(19)18-14-8-3-2-7-13(14)16/h2-9,17H,10H2,1H3,(H,18,19). The van der Waals surface area contributed by atoms with E-state index in [1.54, 1.807) is 43.3 Å². The van der Waals surface area contributed by atoms with E-state index >= 15 is 0 Å². The van der Waals surface area contributed by atoms with Crippen LogP contribution in [0.4, 0.5) is 5.69 Å². The van der Waals surface area contributed by atoms with E-state index < -0.39 is 15.9 Å². The first-order valence-electron chi connectivity index (χ1n) is 6.49. The average molecular weight is 383 g/mol. The largest absolute Gasteiger partial charge is 0.324 e. The molecule has 0 aliphatic heterocycles. The van der Waals surface area contributed by atoms with E-state index in [0.29, 0.717) is 5.69 Å². The maximum Gasteiger partial charge on any atom is 0.241 e. The zero-order valence-corrected chi connectivity index (χ0v) is 14.2. The van der Waals surface area contributed by atoms with Gasteiger partial charge in [0.1, 0.15) is 0 Å². The lowest BCUT2D eigenvalue weighted by Crippen LogP contribution is -2.33. The monoisotopic (exact) mass is 382 g/mol. The molecule has 0 aromatic heterocycles. The molecule has 0 unspecified atom stereocenters. The topological polar surface area (TPSA) is 75.3 Å². The Morgan fingerprint density at radius 1 is 1.14 bits per heavy atom. The fourth-order valence-corrected chi connectivity index (χ4v) is 3.25. The third-order valence-electron chi connectivity index (χ3n) is 2.87. The fourth-order valence-electron chi connectivity index (χ4n) is 1.78. The number of hydrogen-bond donors (Lipinski definition) is 2. The lowest BCUT2D eigenvalue weighted by molar-refractivity contribution is -0.115. The Hall–Kier alpha value is -1.70. The fraction of sp³-hybridized carbons (Fsp3) is 0.133. The molecule has 0 atom stereocenters. The molecule has 0 saturated heterocycles. The van der Waals surface area contributed by atoms with Crippen LogP contribution < -0.4 is 10.0 Å². The Morgan fingerprint density at radius 2 is 1.86 bits per heavy atom. The molecule has 0 heterocycles. The molecule has 116 valence electrons. The molecule has 2 aromatic carbocycles. The van der Waals surface area contributed by atoms with Crippen molar-refractivity contribution in [3.63, 3.8) is 0 Å². The van der Waals surface area contributed by atoms with Crippen LogP contribution in [0.1, 0.15) is 5.56 Å². The highest BCUT2D eigenvalue weighted by Crippen LogP contribution is 2.20. The molecule has 22 heavy (non-hydrogen) atoms. The summed E-state index contributed by atoms with van der Waals surface area (Å²) in [6.07, 6.45) is 0. The third-order valence-corrected chi connectivity index (χ3v) is 4.96. The summed E-state index contributed by atoms with van der Waals surface area (Å²) >= 11 is 3.31. The summed E-state index contributed by atoms with van der Waals surface area (Å²) in [5.41, 5.74) is 1.42. The van der Waals surface area contributed by atoms with Crippen LogP contribution in [0.2, 0.25) is 0 Å². The number of amides is 1. The van der Waals surface area contributed by atoms with Gasteiger partial charge in [0.05, 0.1) is 17.1 Å². The van der Waals surface area contributed by atoms with Crippen LogP contribution in [-0.4, -0.2) is 20.9 Å². The zero-order valence-electron chi connectivity index (χ0n) is 11.8. The zero-order chi connectivity index (χ0) is 16.2. The van der Waals surface area contributed by atoms with Gasteiger partial charge in [0, 0.05) is 4.47 Å². The summed E-state index contributed by atoms with van der Waals surface area (Å²) in [6, 6.07) is 13.6. The number of nitrogens with one attached hydrogen (secondary N) is 2. The number of para-hydroxylation sites is 1. The van der Waals surface area contributed by atoms with Crippen LogP contribution in [0, 0.1) is 6.92 Å². The van der Waals surface area contributed by atoms with E-state index in [0.717, 1.165) is 10.0 Å². The number of rotatable bonds is 5. The van der Waals surface area contributed by atoms with Gasteiger partial charge in [-0.1, -0.05) is 24.3 Å². The number of anilines is 1. The van der Waals surface area contributed by atoms with Gasteiger partial charge >= 0.3 is 0 Å². The maximum absolute atomic E-state index is 12.1. The quantitative estimate of drug-likeness (QED) is 0.834. The Kier molecular flexibility index (Phi) is 5.33. The highest BCUT2D eigenvalue weighted by atomic mass is 79.9. The average Bonchev–Trinajstić information content (AvgIpc) is 2.48. The van der Waals surface area contributed by atoms with E-state index in [9.17, 15) is 13.2 Å². The molecule has 0 aliphatic carbocycles. The van der Waals surface area contributed by atoms with Crippen LogP contribution in [0.25, 0.3) is 0 Å². The number of aryl methyl sites for hydroxylation is 1. The van der Waals surface area contributed by atoms with Crippen molar-refractivity contribution in [3.8, 4) is 0 Å². The van der Waals surface area contributed by atoms with Gasteiger partial charge < -0.3 is 5.32 Å². The van der Waals surface area contributed by atoms with Crippen molar-refractivity contribution in [1.29, 1.82) is 0 Å². The molecule has 0 spiro atoms. The van der Waals surface area contributed by atoms with E-state index in [1.165, 1.54) is 6.07 Å². The Labute approximate surface area is 137 Å². The number of halogens is 1. The summed E-state index contributed by atoms with van der Waals surface area (Å²) in [5, 5.41) is 2.63. The summed E-state index contributed by atoms with van der Waals surface area (Å²) < 4.78 is 27.2. The van der Waals surface area contributed by atoms with Gasteiger partial charge in [0.2, 0.25) is 15.9 Å². The van der Waals surface area contributed by atoms with Crippen molar-refractivity contribution in [3.05, 3.63) is 58.6 Å². The third kappa shape index (κ3) is 4.40. The molecule has 1 amide bonds. The summed E-state index contributed by atoms with van der Waals surface area (Å²) in [7, 11) is -3.70. The summed E-state index contributed by atoms with van der Waals surface area (Å²) in [6.45, 7) is 1.47. The molecule has 0 bridgehead atoms. The SMILES string of the molecule is Cc1cccc(S(=O)(=O)NCC(=O)Nc2ccccc2Br)c1. The first-order chi connectivity index (χ1) is 10.4. The van der Waals surface area contributed by atoms with Crippen molar-refractivity contribution in [1.82, 2.24) is 4.72 Å². The number of sulfonamides is 1. The van der Waals surface area contributed by atoms with Crippen LogP contribution >= 0.6 is 15.9 Å². The maximum atomic E-state index is 12.1. The van der Waals surface area contributed by atoms with Gasteiger partial charge in [-0.15, -0.1) is 0 Å².